The van der Waals surface area contributed by atoms with Crippen LogP contribution in [0.25, 0.3) is 0 Å². The lowest BCUT2D eigenvalue weighted by atomic mass is 10.2. The smallest absolute Gasteiger partial charge is 0.307 e. The van der Waals surface area contributed by atoms with Crippen LogP contribution in [0.1, 0.15) is 56.7 Å². The topological polar surface area (TPSA) is 94.6 Å². The van der Waals surface area contributed by atoms with Crippen molar-refractivity contribution >= 4 is 36.6 Å². The first-order valence-corrected chi connectivity index (χ1v) is 22.8. The van der Waals surface area contributed by atoms with Gasteiger partial charge in [-0.3, -0.25) is 19.3 Å². The highest BCUT2D eigenvalue weighted by Gasteiger charge is 2.50. The van der Waals surface area contributed by atoms with Crippen molar-refractivity contribution in [2.45, 2.75) is 64.9 Å². The third kappa shape index (κ3) is 14.7. The number of carbonyl (C=O) groups is 3. The number of hydrogen-bond acceptors (Lipinski definition) is 9. The standard InChI is InChI=1S/C50H60N2O7Si/c1-50(2,3)60(45-25-15-7-16-26-45,46-27-17-8-18-28-46)59-38-37-52(34-31-49(55)58-41-44-23-13-6-14-24-44)36-35-51(32-29-47(53)56-39-42-19-9-4-10-20-42)33-30-48(54)57-40-43-21-11-5-12-22-43/h4-28H,29-41H2,1-3H3. The molecule has 0 aliphatic heterocycles. The molecule has 0 bridgehead atoms. The molecule has 0 N–H and O–H groups in total. The maximum atomic E-state index is 13.1. The van der Waals surface area contributed by atoms with Gasteiger partial charge in [0, 0.05) is 45.9 Å². The monoisotopic (exact) mass is 828 g/mol. The maximum Gasteiger partial charge on any atom is 0.307 e. The van der Waals surface area contributed by atoms with Gasteiger partial charge in [0.05, 0.1) is 19.3 Å². The van der Waals surface area contributed by atoms with E-state index in [4.69, 9.17) is 18.6 Å². The van der Waals surface area contributed by atoms with E-state index in [1.54, 1.807) is 0 Å². The second-order valence-electron chi connectivity index (χ2n) is 15.9. The van der Waals surface area contributed by atoms with E-state index in [2.05, 4.69) is 79.1 Å². The number of hydrogen-bond donors (Lipinski definition) is 0. The summed E-state index contributed by atoms with van der Waals surface area (Å²) in [5.74, 6) is -0.907. The average molecular weight is 829 g/mol. The fourth-order valence-corrected chi connectivity index (χ4v) is 11.8. The van der Waals surface area contributed by atoms with Gasteiger partial charge < -0.3 is 23.5 Å². The molecule has 0 radical (unpaired) electrons. The van der Waals surface area contributed by atoms with Crippen LogP contribution in [0.2, 0.25) is 5.04 Å². The molecule has 0 fully saturated rings. The second-order valence-corrected chi connectivity index (χ2v) is 20.2. The zero-order valence-corrected chi connectivity index (χ0v) is 36.4. The molecule has 316 valence electrons. The Balaban J connectivity index is 1.28. The second kappa shape index (κ2) is 24.0. The van der Waals surface area contributed by atoms with E-state index < -0.39 is 8.32 Å². The van der Waals surface area contributed by atoms with Crippen LogP contribution in [-0.4, -0.2) is 81.9 Å². The Labute approximate surface area is 357 Å². The molecule has 5 aromatic rings. The molecule has 9 nitrogen and oxygen atoms in total. The first-order valence-electron chi connectivity index (χ1n) is 20.9. The first-order chi connectivity index (χ1) is 29.1. The Morgan fingerprint density at radius 1 is 0.433 bits per heavy atom. The van der Waals surface area contributed by atoms with E-state index in [9.17, 15) is 14.4 Å². The van der Waals surface area contributed by atoms with Gasteiger partial charge in [0.1, 0.15) is 19.8 Å². The van der Waals surface area contributed by atoms with E-state index >= 15 is 0 Å². The van der Waals surface area contributed by atoms with E-state index in [0.29, 0.717) is 45.9 Å². The Kier molecular flexibility index (Phi) is 18.3. The lowest BCUT2D eigenvalue weighted by Gasteiger charge is -2.43. The van der Waals surface area contributed by atoms with Crippen molar-refractivity contribution in [1.82, 2.24) is 9.80 Å². The highest BCUT2D eigenvalue weighted by atomic mass is 28.4. The molecule has 0 aromatic heterocycles. The van der Waals surface area contributed by atoms with Gasteiger partial charge in [0.25, 0.3) is 8.32 Å². The number of nitrogens with zero attached hydrogens (tertiary/aromatic N) is 2. The zero-order chi connectivity index (χ0) is 42.5. The van der Waals surface area contributed by atoms with Crippen LogP contribution in [-0.2, 0) is 52.8 Å². The van der Waals surface area contributed by atoms with Crippen molar-refractivity contribution < 1.29 is 33.0 Å². The molecular weight excluding hydrogens is 769 g/mol. The SMILES string of the molecule is CC(C)(C)[Si](OCCN(CCC(=O)OCc1ccccc1)CCN(CCC(=O)OCc1ccccc1)CCC(=O)OCc1ccccc1)(c1ccccc1)c1ccccc1. The lowest BCUT2D eigenvalue weighted by molar-refractivity contribution is -0.147. The third-order valence-electron chi connectivity index (χ3n) is 10.5. The van der Waals surface area contributed by atoms with Crippen molar-refractivity contribution in [3.05, 3.63) is 168 Å². The van der Waals surface area contributed by atoms with Crippen LogP contribution < -0.4 is 10.4 Å². The van der Waals surface area contributed by atoms with Gasteiger partial charge in [-0.15, -0.1) is 0 Å². The minimum absolute atomic E-state index is 0.161. The minimum Gasteiger partial charge on any atom is -0.461 e. The molecule has 0 atom stereocenters. The first kappa shape index (κ1) is 45.7. The third-order valence-corrected chi connectivity index (χ3v) is 15.5. The van der Waals surface area contributed by atoms with Crippen molar-refractivity contribution in [1.29, 1.82) is 0 Å². The molecule has 60 heavy (non-hydrogen) atoms. The van der Waals surface area contributed by atoms with Gasteiger partial charge in [-0.2, -0.15) is 0 Å². The minimum atomic E-state index is -2.80. The molecule has 0 amide bonds. The molecule has 5 aromatic carbocycles. The van der Waals surface area contributed by atoms with Crippen LogP contribution in [0.3, 0.4) is 0 Å². The molecule has 0 saturated heterocycles. The van der Waals surface area contributed by atoms with Crippen molar-refractivity contribution in [3.8, 4) is 0 Å². The van der Waals surface area contributed by atoms with E-state index in [1.807, 2.05) is 103 Å². The Morgan fingerprint density at radius 3 is 1.05 bits per heavy atom. The summed E-state index contributed by atoms with van der Waals surface area (Å²) in [4.78, 5) is 43.3. The summed E-state index contributed by atoms with van der Waals surface area (Å²) >= 11 is 0. The van der Waals surface area contributed by atoms with E-state index in [-0.39, 0.29) is 62.0 Å². The summed E-state index contributed by atoms with van der Waals surface area (Å²) in [6.07, 6.45) is 0.521. The Morgan fingerprint density at radius 2 is 0.733 bits per heavy atom. The molecule has 0 spiro atoms. The largest absolute Gasteiger partial charge is 0.461 e. The predicted molar refractivity (Wildman–Crippen MR) is 239 cm³/mol. The number of rotatable bonds is 24. The van der Waals surface area contributed by atoms with Crippen molar-refractivity contribution in [3.63, 3.8) is 0 Å². The molecule has 5 rings (SSSR count). The van der Waals surface area contributed by atoms with E-state index in [1.165, 1.54) is 10.4 Å². The summed E-state index contributed by atoms with van der Waals surface area (Å²) in [6.45, 7) is 10.7. The van der Waals surface area contributed by atoms with Gasteiger partial charge >= 0.3 is 17.9 Å². The number of carbonyl (C=O) groups excluding carboxylic acids is 3. The average Bonchev–Trinajstić information content (AvgIpc) is 3.28. The van der Waals surface area contributed by atoms with Crippen LogP contribution in [0.4, 0.5) is 0 Å². The van der Waals surface area contributed by atoms with E-state index in [0.717, 1.165) is 16.7 Å². The van der Waals surface area contributed by atoms with Gasteiger partial charge in [0.15, 0.2) is 0 Å². The highest BCUT2D eigenvalue weighted by molar-refractivity contribution is 6.99. The summed E-state index contributed by atoms with van der Waals surface area (Å²) < 4.78 is 24.1. The van der Waals surface area contributed by atoms with Crippen molar-refractivity contribution in [2.24, 2.45) is 0 Å². The molecule has 0 heterocycles. The highest BCUT2D eigenvalue weighted by Crippen LogP contribution is 2.36. The summed E-state index contributed by atoms with van der Waals surface area (Å²) in [5.41, 5.74) is 2.77. The van der Waals surface area contributed by atoms with Gasteiger partial charge in [0.2, 0.25) is 0 Å². The zero-order valence-electron chi connectivity index (χ0n) is 35.4. The van der Waals surface area contributed by atoms with Crippen LogP contribution in [0, 0.1) is 0 Å². The van der Waals surface area contributed by atoms with Crippen LogP contribution in [0.15, 0.2) is 152 Å². The molecule has 0 unspecified atom stereocenters. The number of esters is 3. The van der Waals surface area contributed by atoms with Gasteiger partial charge in [-0.25, -0.2) is 0 Å². The quantitative estimate of drug-likeness (QED) is 0.0355. The normalized spacial score (nSPS) is 11.7. The maximum absolute atomic E-state index is 13.1. The van der Waals surface area contributed by atoms with Crippen LogP contribution in [0.5, 0.6) is 0 Å². The van der Waals surface area contributed by atoms with Gasteiger partial charge in [-0.05, 0) is 32.1 Å². The summed E-state index contributed by atoms with van der Waals surface area (Å²) in [5, 5.41) is 2.21. The Hall–Kier alpha value is -5.39. The van der Waals surface area contributed by atoms with Gasteiger partial charge in [-0.1, -0.05) is 172 Å². The molecule has 0 aliphatic carbocycles. The number of ether oxygens (including phenoxy) is 3. The molecular formula is C50H60N2O7Si. The summed E-state index contributed by atoms with van der Waals surface area (Å²) in [6, 6.07) is 49.9. The molecule has 0 aliphatic rings. The molecule has 10 heteroatoms. The van der Waals surface area contributed by atoms with Crippen LogP contribution >= 0.6 is 0 Å². The lowest BCUT2D eigenvalue weighted by Crippen LogP contribution is -2.67. The fourth-order valence-electron chi connectivity index (χ4n) is 7.22. The fraction of sp³-hybridized carbons (Fsp3) is 0.340. The number of benzene rings is 5. The predicted octanol–water partition coefficient (Wildman–Crippen LogP) is 7.57. The Bertz CT molecular complexity index is 1900. The van der Waals surface area contributed by atoms with Crippen molar-refractivity contribution in [2.75, 3.05) is 45.9 Å². The summed E-state index contributed by atoms with van der Waals surface area (Å²) in [7, 11) is -2.80. The molecule has 0 saturated carbocycles.